The second-order valence-electron chi connectivity index (χ2n) is 10.3. The van der Waals surface area contributed by atoms with Gasteiger partial charge in [-0.15, -0.1) is 0 Å². The first kappa shape index (κ1) is 32.8. The zero-order chi connectivity index (χ0) is 31.2. The minimum Gasteiger partial charge on any atom is -0.481 e. The molecule has 7 N–H and O–H groups in total. The highest BCUT2D eigenvalue weighted by Crippen LogP contribution is 2.41. The molecule has 14 nitrogen and oxygen atoms in total. The molecule has 8 unspecified atom stereocenters. The molecule has 1 saturated heterocycles. The van der Waals surface area contributed by atoms with Crippen molar-refractivity contribution in [1.29, 1.82) is 0 Å². The van der Waals surface area contributed by atoms with E-state index in [0.717, 1.165) is 0 Å². The highest BCUT2D eigenvalue weighted by atomic mass is 16.7. The Bertz CT molecular complexity index is 1230. The number of aliphatic carboxylic acids is 2. The molecule has 8 atom stereocenters. The number of anilines is 1. The Morgan fingerprint density at radius 2 is 1.83 bits per heavy atom. The Balaban J connectivity index is 1.66. The molecular formula is C28H35NO13. The van der Waals surface area contributed by atoms with Crippen molar-refractivity contribution in [3.05, 3.63) is 53.6 Å². The number of aliphatic hydroxyl groups excluding tert-OH is 4. The second-order valence-corrected chi connectivity index (χ2v) is 10.3. The molecule has 42 heavy (non-hydrogen) atoms. The van der Waals surface area contributed by atoms with Crippen LogP contribution in [0.1, 0.15) is 38.7 Å². The van der Waals surface area contributed by atoms with Crippen molar-refractivity contribution in [3.8, 4) is 0 Å². The largest absolute Gasteiger partial charge is 0.481 e. The Labute approximate surface area is 240 Å². The number of benzene rings is 1. The predicted octanol–water partition coefficient (Wildman–Crippen LogP) is 0.0404. The summed E-state index contributed by atoms with van der Waals surface area (Å²) in [6.07, 6.45) is -5.93. The lowest BCUT2D eigenvalue weighted by Crippen LogP contribution is -2.62. The second kappa shape index (κ2) is 14.0. The molecule has 0 radical (unpaired) electrons. The van der Waals surface area contributed by atoms with E-state index in [9.17, 15) is 44.7 Å². The van der Waals surface area contributed by atoms with Crippen LogP contribution >= 0.6 is 0 Å². The minimum absolute atomic E-state index is 0.0797. The van der Waals surface area contributed by atoms with Gasteiger partial charge in [-0.1, -0.05) is 43.4 Å². The lowest BCUT2D eigenvalue weighted by molar-refractivity contribution is -0.327. The van der Waals surface area contributed by atoms with Crippen molar-refractivity contribution >= 4 is 29.5 Å². The van der Waals surface area contributed by atoms with Gasteiger partial charge < -0.3 is 50.2 Å². The van der Waals surface area contributed by atoms with Gasteiger partial charge in [0.15, 0.2) is 6.29 Å². The molecule has 0 spiro atoms. The molecule has 3 rings (SSSR count). The Kier molecular flexibility index (Phi) is 11.0. The number of carbonyl (C=O) groups is 4. The smallest absolute Gasteiger partial charge is 0.341 e. The number of aliphatic hydroxyl groups is 4. The number of para-hydroxylation sites is 1. The molecule has 0 aromatic heterocycles. The van der Waals surface area contributed by atoms with Crippen LogP contribution in [0.25, 0.3) is 0 Å². The fraction of sp³-hybridized carbons (Fsp3) is 0.500. The van der Waals surface area contributed by atoms with Crippen LogP contribution in [0.15, 0.2) is 48.1 Å². The Hall–Kier alpha value is -3.66. The predicted molar refractivity (Wildman–Crippen MR) is 143 cm³/mol. The van der Waals surface area contributed by atoms with Crippen LogP contribution in [0.2, 0.25) is 0 Å². The summed E-state index contributed by atoms with van der Waals surface area (Å²) < 4.78 is 16.4. The number of nitrogens with one attached hydrogen (secondary N) is 1. The van der Waals surface area contributed by atoms with Gasteiger partial charge in [0.2, 0.25) is 11.5 Å². The van der Waals surface area contributed by atoms with Gasteiger partial charge in [0.1, 0.15) is 31.0 Å². The van der Waals surface area contributed by atoms with Gasteiger partial charge in [0.05, 0.1) is 18.9 Å². The Morgan fingerprint density at radius 3 is 2.50 bits per heavy atom. The number of rotatable bonds is 12. The normalized spacial score (nSPS) is 29.3. The van der Waals surface area contributed by atoms with E-state index in [1.807, 2.05) is 0 Å². The van der Waals surface area contributed by atoms with Gasteiger partial charge >= 0.3 is 17.9 Å². The van der Waals surface area contributed by atoms with Crippen molar-refractivity contribution in [3.63, 3.8) is 0 Å². The molecular weight excluding hydrogens is 558 g/mol. The van der Waals surface area contributed by atoms with Crippen LogP contribution in [0.5, 0.6) is 0 Å². The van der Waals surface area contributed by atoms with Crippen molar-refractivity contribution in [2.45, 2.75) is 75.5 Å². The first-order valence-electron chi connectivity index (χ1n) is 13.2. The van der Waals surface area contributed by atoms with Gasteiger partial charge in [-0.05, 0) is 25.3 Å². The zero-order valence-electron chi connectivity index (χ0n) is 23.0. The average Bonchev–Trinajstić information content (AvgIpc) is 2.93. The summed E-state index contributed by atoms with van der Waals surface area (Å²) in [5.41, 5.74) is -1.90. The molecule has 1 fully saturated rings. The number of hydrogen-bond donors (Lipinski definition) is 7. The van der Waals surface area contributed by atoms with Crippen molar-refractivity contribution in [2.75, 3.05) is 11.9 Å². The molecule has 230 valence electrons. The van der Waals surface area contributed by atoms with Gasteiger partial charge in [0, 0.05) is 16.8 Å². The highest BCUT2D eigenvalue weighted by Gasteiger charge is 2.54. The number of amides is 1. The fourth-order valence-electron chi connectivity index (χ4n) is 4.54. The molecule has 2 heterocycles. The number of carboxylic acids is 2. The van der Waals surface area contributed by atoms with E-state index in [1.165, 1.54) is 37.3 Å². The van der Waals surface area contributed by atoms with Crippen molar-refractivity contribution in [2.24, 2.45) is 5.92 Å². The SMILES string of the molecule is CC(=CC=CCC(C)C(O)CC(=O)O)C(=O)OCC1OC(OC2(C(=O)O)CC(=O)Nc3ccccc32)C(O)C(O)C1O. The zero-order valence-corrected chi connectivity index (χ0v) is 23.0. The fourth-order valence-corrected chi connectivity index (χ4v) is 4.54. The van der Waals surface area contributed by atoms with Crippen LogP contribution in [0.3, 0.4) is 0 Å². The molecule has 1 amide bonds. The maximum Gasteiger partial charge on any atom is 0.341 e. The van der Waals surface area contributed by atoms with Gasteiger partial charge in [-0.2, -0.15) is 0 Å². The number of carboxylic acid groups (broad SMARTS) is 2. The summed E-state index contributed by atoms with van der Waals surface area (Å²) in [5.74, 6) is -4.49. The molecule has 0 saturated carbocycles. The summed E-state index contributed by atoms with van der Waals surface area (Å²) in [7, 11) is 0. The number of carbonyl (C=O) groups excluding carboxylic acids is 2. The van der Waals surface area contributed by atoms with E-state index in [0.29, 0.717) is 6.42 Å². The third kappa shape index (κ3) is 7.59. The molecule has 14 heteroatoms. The highest BCUT2D eigenvalue weighted by molar-refractivity contribution is 6.01. The van der Waals surface area contributed by atoms with Gasteiger partial charge in [0.25, 0.3) is 0 Å². The average molecular weight is 594 g/mol. The summed E-state index contributed by atoms with van der Waals surface area (Å²) in [6.45, 7) is 2.52. The van der Waals surface area contributed by atoms with Crippen LogP contribution in [0.4, 0.5) is 5.69 Å². The van der Waals surface area contributed by atoms with E-state index in [-0.39, 0.29) is 29.2 Å². The number of allylic oxidation sites excluding steroid dienone is 3. The molecule has 1 aromatic carbocycles. The summed E-state index contributed by atoms with van der Waals surface area (Å²) in [4.78, 5) is 48.0. The van der Waals surface area contributed by atoms with Crippen LogP contribution in [-0.4, -0.2) is 97.9 Å². The molecule has 0 bridgehead atoms. The first-order chi connectivity index (χ1) is 19.8. The van der Waals surface area contributed by atoms with Gasteiger partial charge in [-0.3, -0.25) is 9.59 Å². The summed E-state index contributed by atoms with van der Waals surface area (Å²) in [5, 5.41) is 62.6. The quantitative estimate of drug-likeness (QED) is 0.0966. The third-order valence-corrected chi connectivity index (χ3v) is 7.11. The van der Waals surface area contributed by atoms with Crippen molar-refractivity contribution in [1.82, 2.24) is 0 Å². The number of fused-ring (bicyclic) bond motifs is 1. The maximum absolute atomic E-state index is 12.5. The van der Waals surface area contributed by atoms with Crippen LogP contribution in [-0.2, 0) is 39.0 Å². The number of ether oxygens (including phenoxy) is 3. The first-order valence-corrected chi connectivity index (χ1v) is 13.2. The lowest BCUT2D eigenvalue weighted by Gasteiger charge is -2.44. The van der Waals surface area contributed by atoms with E-state index in [4.69, 9.17) is 19.3 Å². The standard InChI is InChI=1S/C28H35NO13/c1-14(18(30)11-21(32)33)7-3-4-8-15(2)25(37)40-13-19-22(34)23(35)24(36)26(41-19)42-28(27(38)39)12-20(31)29-17-10-6-5-9-16(17)28/h3-6,8-10,14,18-19,22-24,26,30,34-36H,7,11-13H2,1-2H3,(H,29,31)(H,32,33)(H,38,39). The molecule has 2 aliphatic rings. The van der Waals surface area contributed by atoms with E-state index in [2.05, 4.69) is 5.32 Å². The summed E-state index contributed by atoms with van der Waals surface area (Å²) in [6, 6.07) is 6.00. The topological polar surface area (TPSA) is 229 Å². The molecule has 2 aliphatic heterocycles. The molecule has 1 aromatic rings. The summed E-state index contributed by atoms with van der Waals surface area (Å²) >= 11 is 0. The van der Waals surface area contributed by atoms with Gasteiger partial charge in [-0.25, -0.2) is 9.59 Å². The van der Waals surface area contributed by atoms with Crippen molar-refractivity contribution < 1.29 is 64.0 Å². The maximum atomic E-state index is 12.5. The minimum atomic E-state index is -2.29. The van der Waals surface area contributed by atoms with E-state index < -0.39 is 79.3 Å². The monoisotopic (exact) mass is 593 g/mol. The number of esters is 1. The Morgan fingerprint density at radius 1 is 1.14 bits per heavy atom. The van der Waals surface area contributed by atoms with E-state index in [1.54, 1.807) is 19.1 Å². The molecule has 0 aliphatic carbocycles. The van der Waals surface area contributed by atoms with Crippen LogP contribution in [0, 0.1) is 5.92 Å². The lowest BCUT2D eigenvalue weighted by atomic mass is 9.85. The van der Waals surface area contributed by atoms with Crippen LogP contribution < -0.4 is 5.32 Å². The van der Waals surface area contributed by atoms with E-state index >= 15 is 0 Å². The number of hydrogen-bond acceptors (Lipinski definition) is 11. The third-order valence-electron chi connectivity index (χ3n) is 7.11.